The third-order valence-corrected chi connectivity index (χ3v) is 6.22. The molecular weight excluding hydrogens is 533 g/mol. The van der Waals surface area contributed by atoms with E-state index in [0.717, 1.165) is 5.56 Å². The summed E-state index contributed by atoms with van der Waals surface area (Å²) >= 11 is 0. The fourth-order valence-electron chi connectivity index (χ4n) is 4.23. The Hall–Kier alpha value is -4.18. The van der Waals surface area contributed by atoms with Crippen molar-refractivity contribution in [3.8, 4) is 18.1 Å². The molecule has 2 aromatic carbocycles. The average molecular weight is 559 g/mol. The number of halogens is 3. The summed E-state index contributed by atoms with van der Waals surface area (Å²) in [5, 5.41) is 0. The summed E-state index contributed by atoms with van der Waals surface area (Å²) in [6, 6.07) is 14.4. The Kier molecular flexibility index (Phi) is 8.89. The molecule has 40 heavy (non-hydrogen) atoms. The summed E-state index contributed by atoms with van der Waals surface area (Å²) in [6.45, 7) is 0.0899. The van der Waals surface area contributed by atoms with Crippen LogP contribution < -0.4 is 16.0 Å². The number of aromatic nitrogens is 2. The molecule has 1 saturated heterocycles. The SMILES string of the molecule is C#CCO[C@H]1C[C@H](n2cc(C(F)(F)F)c(=O)n(C(=O)c3ccc(OC)cc3)c2=O)O[C@@H]1COCc1ccccc1. The molecule has 0 spiro atoms. The smallest absolute Gasteiger partial charge is 0.423 e. The van der Waals surface area contributed by atoms with Gasteiger partial charge in [-0.1, -0.05) is 36.3 Å². The Morgan fingerprint density at radius 2 is 1.82 bits per heavy atom. The van der Waals surface area contributed by atoms with Crippen molar-refractivity contribution in [1.82, 2.24) is 9.13 Å². The summed E-state index contributed by atoms with van der Waals surface area (Å²) < 4.78 is 64.4. The molecular formula is C28H25F3N2O7. The van der Waals surface area contributed by atoms with Gasteiger partial charge in [0.25, 0.3) is 11.5 Å². The fourth-order valence-corrected chi connectivity index (χ4v) is 4.23. The van der Waals surface area contributed by atoms with Crippen LogP contribution in [0.2, 0.25) is 0 Å². The molecule has 0 saturated carbocycles. The molecule has 4 rings (SSSR count). The second-order valence-corrected chi connectivity index (χ2v) is 8.82. The van der Waals surface area contributed by atoms with Crippen molar-refractivity contribution in [3.05, 3.63) is 98.3 Å². The number of hydrogen-bond donors (Lipinski definition) is 0. The zero-order valence-electron chi connectivity index (χ0n) is 21.3. The Morgan fingerprint density at radius 3 is 2.45 bits per heavy atom. The first-order valence-corrected chi connectivity index (χ1v) is 12.1. The van der Waals surface area contributed by atoms with Crippen molar-refractivity contribution in [2.24, 2.45) is 0 Å². The Labute approximate surface area is 226 Å². The van der Waals surface area contributed by atoms with Gasteiger partial charge < -0.3 is 18.9 Å². The molecule has 12 heteroatoms. The molecule has 2 heterocycles. The van der Waals surface area contributed by atoms with Gasteiger partial charge in [0, 0.05) is 18.2 Å². The highest BCUT2D eigenvalue weighted by Crippen LogP contribution is 2.32. The van der Waals surface area contributed by atoms with Gasteiger partial charge in [-0.25, -0.2) is 4.79 Å². The van der Waals surface area contributed by atoms with Crippen molar-refractivity contribution >= 4 is 5.91 Å². The van der Waals surface area contributed by atoms with Crippen LogP contribution in [0.15, 0.2) is 70.4 Å². The molecule has 3 aromatic rings. The van der Waals surface area contributed by atoms with Gasteiger partial charge in [-0.3, -0.25) is 14.2 Å². The van der Waals surface area contributed by atoms with Crippen LogP contribution in [-0.4, -0.2) is 47.6 Å². The van der Waals surface area contributed by atoms with Gasteiger partial charge in [-0.05, 0) is 29.8 Å². The lowest BCUT2D eigenvalue weighted by Gasteiger charge is -2.19. The van der Waals surface area contributed by atoms with Gasteiger partial charge >= 0.3 is 11.9 Å². The van der Waals surface area contributed by atoms with Gasteiger partial charge in [0.1, 0.15) is 30.3 Å². The van der Waals surface area contributed by atoms with E-state index in [2.05, 4.69) is 5.92 Å². The number of carbonyl (C=O) groups is 1. The zero-order valence-corrected chi connectivity index (χ0v) is 21.3. The van der Waals surface area contributed by atoms with Crippen molar-refractivity contribution in [1.29, 1.82) is 0 Å². The maximum atomic E-state index is 13.9. The lowest BCUT2D eigenvalue weighted by molar-refractivity contribution is -0.140. The van der Waals surface area contributed by atoms with Gasteiger partial charge in [0.15, 0.2) is 0 Å². The molecule has 0 N–H and O–H groups in total. The number of rotatable bonds is 9. The third kappa shape index (κ3) is 6.34. The van der Waals surface area contributed by atoms with E-state index in [4.69, 9.17) is 25.4 Å². The van der Waals surface area contributed by atoms with Crippen LogP contribution in [0.3, 0.4) is 0 Å². The molecule has 0 aliphatic carbocycles. The lowest BCUT2D eigenvalue weighted by Crippen LogP contribution is -2.47. The van der Waals surface area contributed by atoms with Crippen molar-refractivity contribution in [3.63, 3.8) is 0 Å². The maximum Gasteiger partial charge on any atom is 0.423 e. The molecule has 1 fully saturated rings. The van der Waals surface area contributed by atoms with Gasteiger partial charge in [-0.15, -0.1) is 6.42 Å². The van der Waals surface area contributed by atoms with Crippen LogP contribution in [-0.2, 0) is 27.0 Å². The van der Waals surface area contributed by atoms with E-state index in [0.29, 0.717) is 16.5 Å². The first kappa shape index (κ1) is 28.8. The van der Waals surface area contributed by atoms with Gasteiger partial charge in [0.05, 0.1) is 26.4 Å². The molecule has 210 valence electrons. The highest BCUT2D eigenvalue weighted by molar-refractivity contribution is 5.95. The summed E-state index contributed by atoms with van der Waals surface area (Å²) in [5.41, 5.74) is -4.11. The molecule has 0 amide bonds. The first-order chi connectivity index (χ1) is 19.1. The lowest BCUT2D eigenvalue weighted by atomic mass is 10.1. The Morgan fingerprint density at radius 1 is 1.12 bits per heavy atom. The highest BCUT2D eigenvalue weighted by atomic mass is 19.4. The molecule has 1 aliphatic rings. The van der Waals surface area contributed by atoms with Crippen molar-refractivity contribution in [2.75, 3.05) is 20.3 Å². The van der Waals surface area contributed by atoms with Gasteiger partial charge in [0.2, 0.25) is 0 Å². The van der Waals surface area contributed by atoms with E-state index in [1.807, 2.05) is 30.3 Å². The van der Waals surface area contributed by atoms with E-state index in [-0.39, 0.29) is 36.4 Å². The first-order valence-electron chi connectivity index (χ1n) is 12.1. The second kappa shape index (κ2) is 12.3. The Balaban J connectivity index is 1.68. The normalized spacial score (nSPS) is 18.8. The number of hydrogen-bond acceptors (Lipinski definition) is 7. The fraction of sp³-hybridized carbons (Fsp3) is 0.321. The topological polar surface area (TPSA) is 98.0 Å². The minimum Gasteiger partial charge on any atom is -0.497 e. The number of alkyl halides is 3. The monoisotopic (exact) mass is 558 g/mol. The summed E-state index contributed by atoms with van der Waals surface area (Å²) in [5.74, 6) is 1.44. The van der Waals surface area contributed by atoms with Crippen LogP contribution in [0.4, 0.5) is 13.2 Å². The standard InChI is InChI=1S/C28H25F3N2O7/c1-3-13-39-22-14-24(40-23(22)17-38-16-18-7-5-4-6-8-18)32-15-21(28(29,30)31)26(35)33(27(32)36)25(34)19-9-11-20(37-2)12-10-19/h1,4-12,15,22-24H,13-14,16-17H2,2H3/t22-,23+,24+/m0/s1. The number of terminal acetylenes is 1. The van der Waals surface area contributed by atoms with Crippen LogP contribution in [0.1, 0.15) is 34.1 Å². The predicted octanol–water partition coefficient (Wildman–Crippen LogP) is 3.25. The number of ether oxygens (including phenoxy) is 4. The molecule has 0 radical (unpaired) electrons. The van der Waals surface area contributed by atoms with Crippen LogP contribution >= 0.6 is 0 Å². The predicted molar refractivity (Wildman–Crippen MR) is 136 cm³/mol. The minimum absolute atomic E-state index is 0.0219. The number of nitrogens with zero attached hydrogens (tertiary/aromatic N) is 2. The molecule has 0 unspecified atom stereocenters. The van der Waals surface area contributed by atoms with Crippen LogP contribution in [0.25, 0.3) is 0 Å². The largest absolute Gasteiger partial charge is 0.497 e. The highest BCUT2D eigenvalue weighted by Gasteiger charge is 2.41. The number of methoxy groups -OCH3 is 1. The third-order valence-electron chi connectivity index (χ3n) is 6.22. The zero-order chi connectivity index (χ0) is 28.9. The summed E-state index contributed by atoms with van der Waals surface area (Å²) in [6.07, 6.45) is -2.45. The summed E-state index contributed by atoms with van der Waals surface area (Å²) in [7, 11) is 1.38. The molecule has 1 aliphatic heterocycles. The number of carbonyl (C=O) groups excluding carboxylic acids is 1. The molecule has 9 nitrogen and oxygen atoms in total. The Bertz CT molecular complexity index is 1490. The van der Waals surface area contributed by atoms with Crippen molar-refractivity contribution in [2.45, 2.75) is 37.6 Å². The van der Waals surface area contributed by atoms with Gasteiger partial charge in [-0.2, -0.15) is 17.7 Å². The second-order valence-electron chi connectivity index (χ2n) is 8.82. The van der Waals surface area contributed by atoms with Crippen LogP contribution in [0.5, 0.6) is 5.75 Å². The van der Waals surface area contributed by atoms with E-state index in [1.165, 1.54) is 31.4 Å². The van der Waals surface area contributed by atoms with Crippen molar-refractivity contribution < 1.29 is 36.9 Å². The summed E-state index contributed by atoms with van der Waals surface area (Å²) in [4.78, 5) is 39.2. The minimum atomic E-state index is -5.16. The van der Waals surface area contributed by atoms with E-state index >= 15 is 0 Å². The van der Waals surface area contributed by atoms with E-state index in [9.17, 15) is 27.6 Å². The molecule has 3 atom stereocenters. The number of benzene rings is 2. The van der Waals surface area contributed by atoms with Crippen LogP contribution in [0, 0.1) is 12.3 Å². The van der Waals surface area contributed by atoms with E-state index < -0.39 is 47.3 Å². The average Bonchev–Trinajstić information content (AvgIpc) is 3.34. The quantitative estimate of drug-likeness (QED) is 0.372. The maximum absolute atomic E-state index is 13.9. The van der Waals surface area contributed by atoms with E-state index in [1.54, 1.807) is 0 Å². The molecule has 1 aromatic heterocycles. The molecule has 0 bridgehead atoms.